The Morgan fingerprint density at radius 1 is 1.53 bits per heavy atom. The average molecular weight is 299 g/mol. The third-order valence-corrected chi connectivity index (χ3v) is 4.51. The molecule has 0 bridgehead atoms. The van der Waals surface area contributed by atoms with E-state index in [1.165, 1.54) is 0 Å². The first-order valence-electron chi connectivity index (χ1n) is 5.92. The second-order valence-electron chi connectivity index (χ2n) is 4.93. The van der Waals surface area contributed by atoms with Crippen LogP contribution in [0.1, 0.15) is 23.6 Å². The summed E-state index contributed by atoms with van der Waals surface area (Å²) in [7, 11) is 2.11. The van der Waals surface area contributed by atoms with Gasteiger partial charge in [0.05, 0.1) is 4.47 Å². The first-order valence-corrected chi connectivity index (χ1v) is 6.72. The minimum absolute atomic E-state index is 0.351. The maximum absolute atomic E-state index is 9.97. The van der Waals surface area contributed by atoms with Crippen molar-refractivity contribution in [1.82, 2.24) is 4.90 Å². The van der Waals surface area contributed by atoms with E-state index in [4.69, 9.17) is 5.73 Å². The Balaban J connectivity index is 2.32. The molecular weight excluding hydrogens is 280 g/mol. The number of halogens is 1. The van der Waals surface area contributed by atoms with Gasteiger partial charge in [0.15, 0.2) is 0 Å². The molecular formula is C13H19BrN2O. The summed E-state index contributed by atoms with van der Waals surface area (Å²) >= 11 is 3.50. The number of likely N-dealkylation sites (tertiary alicyclic amines) is 1. The van der Waals surface area contributed by atoms with Gasteiger partial charge in [0.25, 0.3) is 0 Å². The highest BCUT2D eigenvalue weighted by molar-refractivity contribution is 9.10. The number of phenolic OH excluding ortho intramolecular Hbond substituents is 1. The number of aromatic hydroxyl groups is 1. The van der Waals surface area contributed by atoms with Crippen molar-refractivity contribution < 1.29 is 5.11 Å². The molecule has 2 atom stereocenters. The van der Waals surface area contributed by atoms with Gasteiger partial charge in [0.1, 0.15) is 5.75 Å². The number of rotatable bonds is 2. The molecule has 1 heterocycles. The lowest BCUT2D eigenvalue weighted by Crippen LogP contribution is -2.20. The Bertz CT molecular complexity index is 422. The number of hydrogen-bond donors (Lipinski definition) is 2. The highest BCUT2D eigenvalue weighted by Crippen LogP contribution is 2.41. The van der Waals surface area contributed by atoms with Crippen molar-refractivity contribution in [2.45, 2.75) is 19.4 Å². The van der Waals surface area contributed by atoms with Gasteiger partial charge in [-0.1, -0.05) is 12.1 Å². The van der Waals surface area contributed by atoms with Gasteiger partial charge in [-0.15, -0.1) is 0 Å². The number of nitrogens with two attached hydrogens (primary N) is 1. The fourth-order valence-electron chi connectivity index (χ4n) is 2.57. The van der Waals surface area contributed by atoms with Crippen LogP contribution in [0.4, 0.5) is 0 Å². The number of aryl methyl sites for hydroxylation is 1. The summed E-state index contributed by atoms with van der Waals surface area (Å²) in [5.74, 6) is 0.910. The molecule has 3 N–H and O–H groups in total. The summed E-state index contributed by atoms with van der Waals surface area (Å²) in [6.45, 7) is 3.67. The quantitative estimate of drug-likeness (QED) is 0.881. The van der Waals surface area contributed by atoms with E-state index < -0.39 is 0 Å². The van der Waals surface area contributed by atoms with Crippen LogP contribution < -0.4 is 5.73 Å². The van der Waals surface area contributed by atoms with Crippen molar-refractivity contribution in [1.29, 1.82) is 0 Å². The van der Waals surface area contributed by atoms with E-state index >= 15 is 0 Å². The van der Waals surface area contributed by atoms with Gasteiger partial charge in [-0.25, -0.2) is 0 Å². The number of hydrogen-bond acceptors (Lipinski definition) is 3. The van der Waals surface area contributed by atoms with E-state index in [1.54, 1.807) is 0 Å². The first-order chi connectivity index (χ1) is 8.04. The molecule has 1 saturated heterocycles. The summed E-state index contributed by atoms with van der Waals surface area (Å²) in [4.78, 5) is 2.31. The Morgan fingerprint density at radius 2 is 2.24 bits per heavy atom. The van der Waals surface area contributed by atoms with Gasteiger partial charge < -0.3 is 10.8 Å². The molecule has 0 aromatic heterocycles. The molecule has 0 radical (unpaired) electrons. The van der Waals surface area contributed by atoms with E-state index in [1.807, 2.05) is 13.0 Å². The molecule has 94 valence electrons. The Labute approximate surface area is 111 Å². The zero-order valence-corrected chi connectivity index (χ0v) is 11.9. The molecule has 1 aromatic carbocycles. The van der Waals surface area contributed by atoms with E-state index in [0.717, 1.165) is 35.1 Å². The third-order valence-electron chi connectivity index (χ3n) is 3.67. The largest absolute Gasteiger partial charge is 0.506 e. The lowest BCUT2D eigenvalue weighted by Gasteiger charge is -2.21. The fraction of sp³-hybridized carbons (Fsp3) is 0.538. The van der Waals surface area contributed by atoms with E-state index in [0.29, 0.717) is 17.7 Å². The molecule has 0 amide bonds. The normalized spacial score (nSPS) is 25.4. The first kappa shape index (κ1) is 12.9. The van der Waals surface area contributed by atoms with E-state index in [2.05, 4.69) is 33.9 Å². The summed E-state index contributed by atoms with van der Waals surface area (Å²) in [5.41, 5.74) is 7.80. The number of nitrogens with zero attached hydrogens (tertiary/aromatic N) is 1. The van der Waals surface area contributed by atoms with Gasteiger partial charge in [0, 0.05) is 12.6 Å². The van der Waals surface area contributed by atoms with Gasteiger partial charge in [-0.3, -0.25) is 4.90 Å². The molecule has 1 aliphatic heterocycles. The minimum Gasteiger partial charge on any atom is -0.506 e. The SMILES string of the molecule is Cc1ccc(C2CC(CN)CN2C)c(Br)c1O. The molecule has 0 aliphatic carbocycles. The maximum Gasteiger partial charge on any atom is 0.132 e. The van der Waals surface area contributed by atoms with Gasteiger partial charge in [-0.2, -0.15) is 0 Å². The molecule has 3 nitrogen and oxygen atoms in total. The standard InChI is InChI=1S/C13H19BrN2O/c1-8-3-4-10(12(14)13(8)17)11-5-9(6-15)7-16(11)2/h3-4,9,11,17H,5-7,15H2,1-2H3. The van der Waals surface area contributed by atoms with Crippen LogP contribution in [-0.2, 0) is 0 Å². The Hall–Kier alpha value is -0.580. The lowest BCUT2D eigenvalue weighted by atomic mass is 9.98. The second-order valence-corrected chi connectivity index (χ2v) is 5.72. The zero-order valence-electron chi connectivity index (χ0n) is 10.3. The van der Waals surface area contributed by atoms with Crippen molar-refractivity contribution in [3.05, 3.63) is 27.7 Å². The van der Waals surface area contributed by atoms with Crippen molar-refractivity contribution in [3.63, 3.8) is 0 Å². The van der Waals surface area contributed by atoms with Crippen molar-refractivity contribution in [3.8, 4) is 5.75 Å². The molecule has 1 aliphatic rings. The molecule has 4 heteroatoms. The molecule has 1 fully saturated rings. The topological polar surface area (TPSA) is 49.5 Å². The van der Waals surface area contributed by atoms with Crippen LogP contribution in [0.5, 0.6) is 5.75 Å². The molecule has 1 aromatic rings. The van der Waals surface area contributed by atoms with Crippen LogP contribution in [0.2, 0.25) is 0 Å². The van der Waals surface area contributed by atoms with Gasteiger partial charge >= 0.3 is 0 Å². The predicted molar refractivity (Wildman–Crippen MR) is 73.1 cm³/mol. The number of phenols is 1. The summed E-state index contributed by atoms with van der Waals surface area (Å²) in [5, 5.41) is 9.97. The maximum atomic E-state index is 9.97. The smallest absolute Gasteiger partial charge is 0.132 e. The van der Waals surface area contributed by atoms with Gasteiger partial charge in [-0.05, 0) is 59.9 Å². The van der Waals surface area contributed by atoms with Crippen LogP contribution in [0.15, 0.2) is 16.6 Å². The summed E-state index contributed by atoms with van der Waals surface area (Å²) in [6.07, 6.45) is 1.06. The van der Waals surface area contributed by atoms with Crippen molar-refractivity contribution in [2.24, 2.45) is 11.7 Å². The minimum atomic E-state index is 0.351. The van der Waals surface area contributed by atoms with Crippen LogP contribution in [0.3, 0.4) is 0 Å². The average Bonchev–Trinajstić information content (AvgIpc) is 2.68. The second kappa shape index (κ2) is 4.96. The van der Waals surface area contributed by atoms with Crippen LogP contribution in [-0.4, -0.2) is 30.1 Å². The van der Waals surface area contributed by atoms with E-state index in [9.17, 15) is 5.11 Å². The van der Waals surface area contributed by atoms with Crippen LogP contribution >= 0.6 is 15.9 Å². The predicted octanol–water partition coefficient (Wildman–Crippen LogP) is 2.41. The fourth-order valence-corrected chi connectivity index (χ4v) is 3.28. The van der Waals surface area contributed by atoms with Crippen LogP contribution in [0, 0.1) is 12.8 Å². The molecule has 0 spiro atoms. The Kier molecular flexibility index (Phi) is 3.76. The summed E-state index contributed by atoms with van der Waals surface area (Å²) in [6, 6.07) is 4.42. The monoisotopic (exact) mass is 298 g/mol. The molecule has 17 heavy (non-hydrogen) atoms. The lowest BCUT2D eigenvalue weighted by molar-refractivity contribution is 0.312. The molecule has 0 saturated carbocycles. The third kappa shape index (κ3) is 2.34. The number of benzene rings is 1. The molecule has 2 unspecified atom stereocenters. The highest BCUT2D eigenvalue weighted by atomic mass is 79.9. The van der Waals surface area contributed by atoms with E-state index in [-0.39, 0.29) is 0 Å². The summed E-state index contributed by atoms with van der Waals surface area (Å²) < 4.78 is 0.826. The Morgan fingerprint density at radius 3 is 2.82 bits per heavy atom. The zero-order chi connectivity index (χ0) is 12.6. The van der Waals surface area contributed by atoms with Crippen molar-refractivity contribution >= 4 is 15.9 Å². The van der Waals surface area contributed by atoms with Crippen molar-refractivity contribution in [2.75, 3.05) is 20.1 Å². The van der Waals surface area contributed by atoms with Gasteiger partial charge in [0.2, 0.25) is 0 Å². The molecule has 2 rings (SSSR count). The highest BCUT2D eigenvalue weighted by Gasteiger charge is 2.31. The van der Waals surface area contributed by atoms with Crippen LogP contribution in [0.25, 0.3) is 0 Å².